The molecule has 0 spiro atoms. The Morgan fingerprint density at radius 2 is 1.56 bits per heavy atom. The molecule has 4 heterocycles. The van der Waals surface area contributed by atoms with Crippen LogP contribution in [0.5, 0.6) is 17.2 Å². The van der Waals surface area contributed by atoms with Crippen molar-refractivity contribution in [2.75, 3.05) is 43.0 Å². The van der Waals surface area contributed by atoms with Gasteiger partial charge in [0.25, 0.3) is 0 Å². The molecule has 10 rings (SSSR count). The molecule has 2 aromatic heterocycles. The molecule has 3 fully saturated rings. The van der Waals surface area contributed by atoms with Crippen LogP contribution in [0.25, 0.3) is 20.7 Å². The minimum absolute atomic E-state index is 0.114. The van der Waals surface area contributed by atoms with Gasteiger partial charge in [-0.3, -0.25) is 28.8 Å². The van der Waals surface area contributed by atoms with E-state index < -0.39 is 52.7 Å². The number of aryl methyl sites for hydroxylation is 2. The zero-order valence-corrected chi connectivity index (χ0v) is 38.8. The first kappa shape index (κ1) is 43.1. The molecule has 14 nitrogen and oxygen atoms in total. The highest BCUT2D eigenvalue weighted by Crippen LogP contribution is 2.66. The van der Waals surface area contributed by atoms with Gasteiger partial charge in [0, 0.05) is 66.2 Å². The van der Waals surface area contributed by atoms with Crippen molar-refractivity contribution in [3.63, 3.8) is 0 Å². The van der Waals surface area contributed by atoms with Crippen molar-refractivity contribution in [1.29, 1.82) is 0 Å². The number of nitrogens with zero attached hydrogens (tertiary/aromatic N) is 7. The van der Waals surface area contributed by atoms with Crippen LogP contribution in [0.3, 0.4) is 0 Å². The number of rotatable bonds is 9. The zero-order valence-electron chi connectivity index (χ0n) is 37.3. The summed E-state index contributed by atoms with van der Waals surface area (Å²) in [4.78, 5) is 65.1. The van der Waals surface area contributed by atoms with E-state index in [-0.39, 0.29) is 36.1 Å². The van der Waals surface area contributed by atoms with Crippen LogP contribution in [0.2, 0.25) is 5.02 Å². The Morgan fingerprint density at radius 1 is 0.864 bits per heavy atom. The van der Waals surface area contributed by atoms with E-state index in [1.54, 1.807) is 61.7 Å². The molecule has 6 aromatic rings. The van der Waals surface area contributed by atoms with Crippen LogP contribution in [0, 0.1) is 36.0 Å². The van der Waals surface area contributed by atoms with Crippen LogP contribution in [-0.4, -0.2) is 66.8 Å². The first-order valence-corrected chi connectivity index (χ1v) is 22.8. The topological polar surface area (TPSA) is 159 Å². The summed E-state index contributed by atoms with van der Waals surface area (Å²) in [7, 11) is 8.55. The molecule has 1 N–H and O–H groups in total. The molecule has 0 bridgehead atoms. The van der Waals surface area contributed by atoms with Gasteiger partial charge in [-0.15, -0.1) is 11.3 Å². The number of azo groups is 1. The lowest BCUT2D eigenvalue weighted by Gasteiger charge is -2.49. The SMILES string of the molecule is COc1cc(O)c(C2C3=CCC4C(=O)N(c5ccc(N=Nc6ccc(N(C)C)cc6)cc5)C(=O)C4C3CC3C(=O)N(c4cc(-c5sc6ccc(Cl)cc6c5C)nn4C)C(=O)C32C)c(OC)c1. The fraction of sp³-hybridized carbons (Fsp3) is 0.300. The third kappa shape index (κ3) is 6.53. The number of allylic oxidation sites excluding steroid dienone is 2. The predicted molar refractivity (Wildman–Crippen MR) is 253 cm³/mol. The number of benzene rings is 4. The summed E-state index contributed by atoms with van der Waals surface area (Å²) in [5.74, 6) is -5.10. The number of thiophene rings is 1. The molecule has 16 heteroatoms. The molecule has 2 aliphatic carbocycles. The molecule has 6 unspecified atom stereocenters. The van der Waals surface area contributed by atoms with Crippen LogP contribution in [-0.2, 0) is 26.2 Å². The summed E-state index contributed by atoms with van der Waals surface area (Å²) >= 11 is 7.90. The maximum absolute atomic E-state index is 15.4. The third-order valence-corrected chi connectivity index (χ3v) is 15.6. The Kier molecular flexibility index (Phi) is 10.4. The maximum atomic E-state index is 15.4. The van der Waals surface area contributed by atoms with Crippen molar-refractivity contribution >= 4 is 85.2 Å². The van der Waals surface area contributed by atoms with Gasteiger partial charge in [-0.25, -0.2) is 4.90 Å². The second-order valence-electron chi connectivity index (χ2n) is 17.8. The summed E-state index contributed by atoms with van der Waals surface area (Å²) in [5, 5.41) is 27.0. The zero-order chi connectivity index (χ0) is 46.5. The number of amides is 4. The Balaban J connectivity index is 1.02. The number of phenolic OH excluding ortho intramolecular Hbond substituents is 1. The second-order valence-corrected chi connectivity index (χ2v) is 19.3. The van der Waals surface area contributed by atoms with E-state index in [2.05, 4.69) is 10.2 Å². The summed E-state index contributed by atoms with van der Waals surface area (Å²) in [5.41, 5.74) is 3.73. The van der Waals surface area contributed by atoms with E-state index in [0.717, 1.165) is 26.2 Å². The van der Waals surface area contributed by atoms with E-state index in [9.17, 15) is 14.7 Å². The quantitative estimate of drug-likeness (QED) is 0.0846. The lowest BCUT2D eigenvalue weighted by molar-refractivity contribution is -0.131. The van der Waals surface area contributed by atoms with Crippen LogP contribution in [0.4, 0.5) is 28.6 Å². The van der Waals surface area contributed by atoms with Gasteiger partial charge in [-0.2, -0.15) is 15.3 Å². The fourth-order valence-corrected chi connectivity index (χ4v) is 12.1. The van der Waals surface area contributed by atoms with Crippen LogP contribution < -0.4 is 24.2 Å². The Bertz CT molecular complexity index is 3090. The van der Waals surface area contributed by atoms with E-state index in [4.69, 9.17) is 26.2 Å². The minimum Gasteiger partial charge on any atom is -0.507 e. The summed E-state index contributed by atoms with van der Waals surface area (Å²) < 4.78 is 14.0. The molecule has 1 saturated carbocycles. The molecule has 2 aliphatic heterocycles. The first-order valence-electron chi connectivity index (χ1n) is 21.6. The van der Waals surface area contributed by atoms with Gasteiger partial charge in [0.1, 0.15) is 28.8 Å². The number of hydrogen-bond donors (Lipinski definition) is 1. The first-order chi connectivity index (χ1) is 31.6. The molecule has 4 aromatic carbocycles. The lowest BCUT2D eigenvalue weighted by atomic mass is 9.51. The maximum Gasteiger partial charge on any atom is 0.242 e. The molecule has 2 saturated heterocycles. The number of aromatic hydroxyl groups is 1. The van der Waals surface area contributed by atoms with Gasteiger partial charge in [0.2, 0.25) is 23.6 Å². The normalized spacial score (nSPS) is 23.7. The molecule has 336 valence electrons. The smallest absolute Gasteiger partial charge is 0.242 e. The van der Waals surface area contributed by atoms with Crippen molar-refractivity contribution in [3.05, 3.63) is 113 Å². The van der Waals surface area contributed by atoms with Crippen LogP contribution in [0.1, 0.15) is 36.8 Å². The average molecular weight is 924 g/mol. The number of ether oxygens (including phenoxy) is 2. The van der Waals surface area contributed by atoms with Crippen molar-refractivity contribution in [2.24, 2.45) is 46.4 Å². The van der Waals surface area contributed by atoms with Crippen molar-refractivity contribution < 1.29 is 33.8 Å². The molecule has 0 radical (unpaired) electrons. The third-order valence-electron chi connectivity index (χ3n) is 14.1. The molecule has 66 heavy (non-hydrogen) atoms. The van der Waals surface area contributed by atoms with Gasteiger partial charge >= 0.3 is 0 Å². The number of methoxy groups -OCH3 is 2. The number of imide groups is 2. The number of hydrogen-bond acceptors (Lipinski definition) is 12. The number of carbonyl (C=O) groups excluding carboxylic acids is 4. The summed E-state index contributed by atoms with van der Waals surface area (Å²) in [6.07, 6.45) is 2.26. The predicted octanol–water partition coefficient (Wildman–Crippen LogP) is 9.90. The number of aromatic nitrogens is 2. The highest BCUT2D eigenvalue weighted by molar-refractivity contribution is 7.22. The number of halogens is 1. The molecular formula is C50H46ClN7O7S. The highest BCUT2D eigenvalue weighted by atomic mass is 35.5. The van der Waals surface area contributed by atoms with Gasteiger partial charge in [0.05, 0.1) is 59.3 Å². The van der Waals surface area contributed by atoms with Crippen molar-refractivity contribution in [2.45, 2.75) is 32.6 Å². The van der Waals surface area contributed by atoms with Crippen molar-refractivity contribution in [3.8, 4) is 27.8 Å². The van der Waals surface area contributed by atoms with Crippen LogP contribution >= 0.6 is 22.9 Å². The molecule has 6 atom stereocenters. The van der Waals surface area contributed by atoms with E-state index in [1.807, 2.05) is 74.5 Å². The Hall–Kier alpha value is -6.84. The minimum atomic E-state index is -1.47. The van der Waals surface area contributed by atoms with Gasteiger partial charge in [-0.05, 0) is 110 Å². The summed E-state index contributed by atoms with van der Waals surface area (Å²) in [6, 6.07) is 25.0. The Morgan fingerprint density at radius 3 is 2.23 bits per heavy atom. The van der Waals surface area contributed by atoms with Crippen molar-refractivity contribution in [1.82, 2.24) is 9.78 Å². The monoisotopic (exact) mass is 923 g/mol. The number of fused-ring (bicyclic) bond motifs is 5. The van der Waals surface area contributed by atoms with Gasteiger partial charge in [-0.1, -0.05) is 23.3 Å². The Labute approximate surface area is 389 Å². The lowest BCUT2D eigenvalue weighted by Crippen LogP contribution is -2.49. The second kappa shape index (κ2) is 15.9. The molecule has 4 aliphatic rings. The largest absolute Gasteiger partial charge is 0.507 e. The summed E-state index contributed by atoms with van der Waals surface area (Å²) in [6.45, 7) is 3.76. The number of phenols is 1. The van der Waals surface area contributed by atoms with Crippen LogP contribution in [0.15, 0.2) is 107 Å². The van der Waals surface area contributed by atoms with E-state index >= 15 is 9.59 Å². The average Bonchev–Trinajstić information content (AvgIpc) is 3.98. The van der Waals surface area contributed by atoms with E-state index in [0.29, 0.717) is 44.7 Å². The molecule has 4 amide bonds. The molecular weight excluding hydrogens is 878 g/mol. The van der Waals surface area contributed by atoms with Gasteiger partial charge < -0.3 is 19.5 Å². The number of anilines is 3. The highest BCUT2D eigenvalue weighted by Gasteiger charge is 2.68. The standard InChI is InChI=1S/C50H46ClN7O7S/c1-25-34-20-26(51)8-19-40(34)66-45(25)37-24-41(56(5)54-37)58-47(61)36-23-35-32(44(50(36,2)49(58)63)43-38(59)21-31(64-6)22-39(43)65-7)17-18-33-42(35)48(62)57(46(33)60)30-15-11-28(12-16-30)53-52-27-9-13-29(14-10-27)55(3)4/h8-17,19-22,24,33,35-36,42,44,59H,18,23H2,1-7H3. The van der Waals surface area contributed by atoms with E-state index in [1.165, 1.54) is 34.8 Å². The number of carbonyl (C=O) groups is 4. The fourth-order valence-electron chi connectivity index (χ4n) is 10.8. The van der Waals surface area contributed by atoms with Gasteiger partial charge in [0.15, 0.2) is 0 Å².